The number of aryl methyl sites for hydroxylation is 1. The van der Waals surface area contributed by atoms with Crippen LogP contribution in [0.15, 0.2) is 29.5 Å². The molecule has 1 heterocycles. The van der Waals surface area contributed by atoms with Gasteiger partial charge in [-0.1, -0.05) is 6.07 Å². The second-order valence-electron chi connectivity index (χ2n) is 5.85. The Kier molecular flexibility index (Phi) is 6.03. The van der Waals surface area contributed by atoms with Crippen LogP contribution in [0.4, 0.5) is 5.69 Å². The topological polar surface area (TPSA) is 74.3 Å². The lowest BCUT2D eigenvalue weighted by atomic mass is 10.1. The number of benzene rings is 1. The van der Waals surface area contributed by atoms with Gasteiger partial charge in [0.2, 0.25) is 0 Å². The van der Waals surface area contributed by atoms with E-state index in [2.05, 4.69) is 0 Å². The molecule has 1 aromatic carbocycles. The van der Waals surface area contributed by atoms with Gasteiger partial charge in [-0.05, 0) is 38.5 Å². The van der Waals surface area contributed by atoms with Gasteiger partial charge >= 0.3 is 11.9 Å². The van der Waals surface area contributed by atoms with Gasteiger partial charge in [0.1, 0.15) is 18.2 Å². The molecule has 0 saturated carbocycles. The number of hydrogen-bond acceptors (Lipinski definition) is 7. The molecule has 1 aliphatic heterocycles. The van der Waals surface area contributed by atoms with E-state index in [4.69, 9.17) is 18.9 Å². The van der Waals surface area contributed by atoms with Crippen LogP contribution in [-0.2, 0) is 23.8 Å². The second kappa shape index (κ2) is 8.02. The molecule has 0 aromatic heterocycles. The second-order valence-corrected chi connectivity index (χ2v) is 5.85. The highest BCUT2D eigenvalue weighted by Crippen LogP contribution is 2.35. The highest BCUT2D eigenvalue weighted by molar-refractivity contribution is 6.03. The predicted octanol–water partition coefficient (Wildman–Crippen LogP) is 2.18. The van der Waals surface area contributed by atoms with Gasteiger partial charge in [-0.15, -0.1) is 0 Å². The molecule has 1 aromatic rings. The van der Waals surface area contributed by atoms with E-state index in [1.54, 1.807) is 4.90 Å². The summed E-state index contributed by atoms with van der Waals surface area (Å²) < 4.78 is 21.0. The van der Waals surface area contributed by atoms with Crippen molar-refractivity contribution in [1.29, 1.82) is 0 Å². The molecule has 0 aliphatic carbocycles. The number of carbonyl (C=O) groups excluding carboxylic acids is 2. The van der Waals surface area contributed by atoms with Crippen LogP contribution in [0.3, 0.4) is 0 Å². The molecular formula is C18H23NO6. The van der Waals surface area contributed by atoms with Gasteiger partial charge in [-0.2, -0.15) is 0 Å². The zero-order valence-corrected chi connectivity index (χ0v) is 15.1. The number of rotatable bonds is 5. The van der Waals surface area contributed by atoms with Crippen molar-refractivity contribution in [3.05, 3.63) is 35.0 Å². The minimum Gasteiger partial charge on any atom is -0.489 e. The van der Waals surface area contributed by atoms with Crippen molar-refractivity contribution >= 4 is 17.6 Å². The van der Waals surface area contributed by atoms with Crippen LogP contribution in [0.25, 0.3) is 0 Å². The molecule has 7 heteroatoms. The highest BCUT2D eigenvalue weighted by atomic mass is 16.5. The highest BCUT2D eigenvalue weighted by Gasteiger charge is 2.33. The summed E-state index contributed by atoms with van der Waals surface area (Å²) in [6.45, 7) is 5.80. The summed E-state index contributed by atoms with van der Waals surface area (Å²) in [7, 11) is 2.52. The number of carbonyl (C=O) groups is 2. The molecule has 0 unspecified atom stereocenters. The average Bonchev–Trinajstić information content (AvgIpc) is 2.60. The number of methoxy groups -OCH3 is 2. The van der Waals surface area contributed by atoms with Crippen LogP contribution in [0.5, 0.6) is 5.75 Å². The van der Waals surface area contributed by atoms with Gasteiger partial charge in [0.05, 0.1) is 38.2 Å². The number of anilines is 1. The molecule has 0 amide bonds. The van der Waals surface area contributed by atoms with E-state index in [1.807, 2.05) is 39.0 Å². The van der Waals surface area contributed by atoms with Crippen molar-refractivity contribution in [2.45, 2.75) is 26.9 Å². The van der Waals surface area contributed by atoms with E-state index in [0.29, 0.717) is 11.4 Å². The van der Waals surface area contributed by atoms with E-state index < -0.39 is 11.9 Å². The third-order valence-corrected chi connectivity index (χ3v) is 3.60. The molecule has 0 fully saturated rings. The molecule has 1 aliphatic rings. The Morgan fingerprint density at radius 3 is 2.44 bits per heavy atom. The fraction of sp³-hybridized carbons (Fsp3) is 0.444. The molecule has 0 spiro atoms. The van der Waals surface area contributed by atoms with Crippen LogP contribution in [0, 0.1) is 6.92 Å². The van der Waals surface area contributed by atoms with Crippen LogP contribution < -0.4 is 9.64 Å². The largest absolute Gasteiger partial charge is 0.489 e. The molecule has 0 N–H and O–H groups in total. The Morgan fingerprint density at radius 2 is 1.84 bits per heavy atom. The van der Waals surface area contributed by atoms with Gasteiger partial charge in [0.15, 0.2) is 0 Å². The summed E-state index contributed by atoms with van der Waals surface area (Å²) in [5, 5.41) is 0. The molecular weight excluding hydrogens is 326 g/mol. The monoisotopic (exact) mass is 349 g/mol. The minimum atomic E-state index is -0.638. The molecule has 136 valence electrons. The fourth-order valence-corrected chi connectivity index (χ4v) is 2.53. The van der Waals surface area contributed by atoms with Crippen molar-refractivity contribution in [2.24, 2.45) is 0 Å². The Morgan fingerprint density at radius 1 is 1.16 bits per heavy atom. The van der Waals surface area contributed by atoms with E-state index in [9.17, 15) is 9.59 Å². The molecule has 2 rings (SSSR count). The van der Waals surface area contributed by atoms with Crippen molar-refractivity contribution in [2.75, 3.05) is 32.5 Å². The Labute approximate surface area is 147 Å². The van der Waals surface area contributed by atoms with Gasteiger partial charge in [0.25, 0.3) is 0 Å². The maximum Gasteiger partial charge on any atom is 0.355 e. The molecule has 0 bridgehead atoms. The van der Waals surface area contributed by atoms with E-state index in [-0.39, 0.29) is 30.7 Å². The summed E-state index contributed by atoms with van der Waals surface area (Å²) in [4.78, 5) is 26.0. The van der Waals surface area contributed by atoms with Gasteiger partial charge < -0.3 is 23.8 Å². The van der Waals surface area contributed by atoms with Gasteiger partial charge in [0, 0.05) is 0 Å². The molecule has 0 radical (unpaired) electrons. The van der Waals surface area contributed by atoms with E-state index in [1.165, 1.54) is 14.2 Å². The lowest BCUT2D eigenvalue weighted by molar-refractivity contribution is -0.140. The van der Waals surface area contributed by atoms with Crippen LogP contribution in [-0.4, -0.2) is 45.6 Å². The fourth-order valence-electron chi connectivity index (χ4n) is 2.53. The van der Waals surface area contributed by atoms with Crippen LogP contribution in [0.2, 0.25) is 0 Å². The van der Waals surface area contributed by atoms with E-state index in [0.717, 1.165) is 5.56 Å². The maximum absolute atomic E-state index is 12.4. The van der Waals surface area contributed by atoms with Crippen LogP contribution >= 0.6 is 0 Å². The number of nitrogens with zero attached hydrogens (tertiary/aromatic N) is 1. The zero-order valence-electron chi connectivity index (χ0n) is 15.1. The number of esters is 2. The number of hydrogen-bond donors (Lipinski definition) is 0. The summed E-state index contributed by atoms with van der Waals surface area (Å²) in [5.41, 5.74) is 1.80. The summed E-state index contributed by atoms with van der Waals surface area (Å²) in [5.74, 6) is -0.693. The zero-order chi connectivity index (χ0) is 18.6. The van der Waals surface area contributed by atoms with Crippen molar-refractivity contribution in [3.63, 3.8) is 0 Å². The van der Waals surface area contributed by atoms with Crippen molar-refractivity contribution in [1.82, 2.24) is 0 Å². The first kappa shape index (κ1) is 18.8. The molecule has 7 nitrogen and oxygen atoms in total. The first-order chi connectivity index (χ1) is 11.9. The molecule has 0 atom stereocenters. The van der Waals surface area contributed by atoms with E-state index >= 15 is 0 Å². The molecule has 25 heavy (non-hydrogen) atoms. The van der Waals surface area contributed by atoms with Gasteiger partial charge in [-0.25, -0.2) is 9.59 Å². The third-order valence-electron chi connectivity index (χ3n) is 3.60. The average molecular weight is 349 g/mol. The lowest BCUT2D eigenvalue weighted by Crippen LogP contribution is -2.39. The smallest absolute Gasteiger partial charge is 0.355 e. The summed E-state index contributed by atoms with van der Waals surface area (Å²) in [6.07, 6.45) is -0.0576. The Balaban J connectivity index is 2.61. The SMILES string of the molecule is COC(=O)C1=C(C(=O)OC)N(c2cc(C)ccc2OC(C)C)COC1. The predicted molar refractivity (Wildman–Crippen MR) is 91.3 cm³/mol. The first-order valence-corrected chi connectivity index (χ1v) is 7.91. The summed E-state index contributed by atoms with van der Waals surface area (Å²) >= 11 is 0. The normalized spacial score (nSPS) is 14.6. The van der Waals surface area contributed by atoms with Gasteiger partial charge in [-0.3, -0.25) is 0 Å². The Bertz CT molecular complexity index is 695. The van der Waals surface area contributed by atoms with Crippen LogP contribution in [0.1, 0.15) is 19.4 Å². The van der Waals surface area contributed by atoms with Crippen molar-refractivity contribution < 1.29 is 28.5 Å². The standard InChI is InChI=1S/C18H23NO6/c1-11(2)25-15-7-6-12(3)8-14(15)19-10-24-9-13(17(20)22-4)16(19)18(21)23-5/h6-8,11H,9-10H2,1-5H3. The maximum atomic E-state index is 12.4. The first-order valence-electron chi connectivity index (χ1n) is 7.91. The third kappa shape index (κ3) is 4.11. The lowest BCUT2D eigenvalue weighted by Gasteiger charge is -2.32. The quantitative estimate of drug-likeness (QED) is 0.754. The minimum absolute atomic E-state index is 0.0280. The number of ether oxygens (including phenoxy) is 4. The molecule has 0 saturated heterocycles. The summed E-state index contributed by atoms with van der Waals surface area (Å²) in [6, 6.07) is 5.60. The Hall–Kier alpha value is -2.54. The van der Waals surface area contributed by atoms with Crippen molar-refractivity contribution in [3.8, 4) is 5.75 Å².